The highest BCUT2D eigenvalue weighted by Gasteiger charge is 2.24. The van der Waals surface area contributed by atoms with Gasteiger partial charge in [-0.2, -0.15) is 9.61 Å². The molecular weight excluding hydrogens is 446 g/mol. The Morgan fingerprint density at radius 3 is 2.89 bits per heavy atom. The highest BCUT2D eigenvalue weighted by molar-refractivity contribution is 5.66. The molecule has 0 saturated carbocycles. The predicted octanol–water partition coefficient (Wildman–Crippen LogP) is 2.20. The SMILES string of the molecule is COCc1cc(=O)n2nc(N3CCc4ncc(-c5cnn6c5COCC6)cc4C3)c(C)c(C)c2n1. The smallest absolute Gasteiger partial charge is 0.274 e. The van der Waals surface area contributed by atoms with E-state index in [1.807, 2.05) is 30.9 Å². The summed E-state index contributed by atoms with van der Waals surface area (Å²) in [4.78, 5) is 24.4. The van der Waals surface area contributed by atoms with Crippen LogP contribution in [-0.4, -0.2) is 49.6 Å². The van der Waals surface area contributed by atoms with Crippen LogP contribution in [0.4, 0.5) is 5.82 Å². The number of aromatic nitrogens is 6. The van der Waals surface area contributed by atoms with Gasteiger partial charge in [0.2, 0.25) is 0 Å². The molecule has 35 heavy (non-hydrogen) atoms. The summed E-state index contributed by atoms with van der Waals surface area (Å²) in [5.41, 5.74) is 8.38. The van der Waals surface area contributed by atoms with Gasteiger partial charge in [0, 0.05) is 66.8 Å². The van der Waals surface area contributed by atoms with Crippen LogP contribution in [0.25, 0.3) is 16.8 Å². The molecule has 0 unspecified atom stereocenters. The minimum absolute atomic E-state index is 0.207. The molecule has 0 radical (unpaired) electrons. The lowest BCUT2D eigenvalue weighted by Crippen LogP contribution is -2.34. The molecule has 0 spiro atoms. The van der Waals surface area contributed by atoms with E-state index in [2.05, 4.69) is 21.0 Å². The van der Waals surface area contributed by atoms with Crippen molar-refractivity contribution in [1.82, 2.24) is 29.4 Å². The molecule has 2 aliphatic rings. The zero-order valence-corrected chi connectivity index (χ0v) is 20.1. The molecule has 0 aromatic carbocycles. The molecule has 0 bridgehead atoms. The average molecular weight is 474 g/mol. The molecular formula is C25H27N7O3. The van der Waals surface area contributed by atoms with Crippen LogP contribution in [0.15, 0.2) is 29.3 Å². The second-order valence-electron chi connectivity index (χ2n) is 9.11. The zero-order chi connectivity index (χ0) is 24.1. The third kappa shape index (κ3) is 3.69. The number of rotatable bonds is 4. The van der Waals surface area contributed by atoms with Crippen molar-refractivity contribution in [1.29, 1.82) is 0 Å². The van der Waals surface area contributed by atoms with Crippen molar-refractivity contribution >= 4 is 11.5 Å². The quantitative estimate of drug-likeness (QED) is 0.445. The van der Waals surface area contributed by atoms with E-state index in [-0.39, 0.29) is 12.2 Å². The Morgan fingerprint density at radius 2 is 2.03 bits per heavy atom. The Bertz CT molecular complexity index is 1510. The maximum Gasteiger partial charge on any atom is 0.274 e. The first-order valence-electron chi connectivity index (χ1n) is 11.8. The summed E-state index contributed by atoms with van der Waals surface area (Å²) < 4.78 is 14.2. The standard InChI is InChI=1S/C25H27N7O3/c1-15-16(2)25(29-32-23(33)9-19(13-34-3)28-24(15)32)30-5-4-21-18(12-30)8-17(10-26-21)20-11-27-31-6-7-35-14-22(20)31/h8-11H,4-7,12-14H2,1-3H3. The van der Waals surface area contributed by atoms with E-state index >= 15 is 0 Å². The fourth-order valence-corrected chi connectivity index (χ4v) is 4.96. The third-order valence-corrected chi connectivity index (χ3v) is 6.95. The van der Waals surface area contributed by atoms with Gasteiger partial charge in [-0.05, 0) is 25.5 Å². The Hall–Kier alpha value is -3.63. The fourth-order valence-electron chi connectivity index (χ4n) is 4.96. The van der Waals surface area contributed by atoms with Crippen molar-refractivity contribution in [3.8, 4) is 11.1 Å². The number of ether oxygens (including phenoxy) is 2. The molecule has 10 nitrogen and oxygen atoms in total. The molecule has 6 heterocycles. The Labute approximate surface area is 202 Å². The highest BCUT2D eigenvalue weighted by Crippen LogP contribution is 2.31. The summed E-state index contributed by atoms with van der Waals surface area (Å²) in [6.07, 6.45) is 4.65. The molecule has 10 heteroatoms. The minimum Gasteiger partial charge on any atom is -0.378 e. The normalized spacial score (nSPS) is 15.3. The second kappa shape index (κ2) is 8.54. The van der Waals surface area contributed by atoms with Gasteiger partial charge in [-0.1, -0.05) is 0 Å². The van der Waals surface area contributed by atoms with Crippen molar-refractivity contribution in [2.24, 2.45) is 0 Å². The van der Waals surface area contributed by atoms with Crippen molar-refractivity contribution < 1.29 is 9.47 Å². The van der Waals surface area contributed by atoms with Crippen LogP contribution >= 0.6 is 0 Å². The number of aryl methyl sites for hydroxylation is 1. The maximum atomic E-state index is 12.8. The van der Waals surface area contributed by atoms with Crippen LogP contribution in [0.2, 0.25) is 0 Å². The molecule has 180 valence electrons. The summed E-state index contributed by atoms with van der Waals surface area (Å²) in [5, 5.41) is 9.27. The van der Waals surface area contributed by atoms with Gasteiger partial charge in [0.25, 0.3) is 5.56 Å². The van der Waals surface area contributed by atoms with Crippen LogP contribution in [0, 0.1) is 13.8 Å². The number of hydrogen-bond acceptors (Lipinski definition) is 8. The highest BCUT2D eigenvalue weighted by atomic mass is 16.5. The number of hydrogen-bond donors (Lipinski definition) is 0. The Balaban J connectivity index is 1.37. The van der Waals surface area contributed by atoms with Gasteiger partial charge in [-0.3, -0.25) is 14.5 Å². The number of anilines is 1. The molecule has 0 fully saturated rings. The van der Waals surface area contributed by atoms with Crippen molar-refractivity contribution in [3.63, 3.8) is 0 Å². The Kier molecular flexibility index (Phi) is 5.34. The molecule has 0 amide bonds. The van der Waals surface area contributed by atoms with Gasteiger partial charge in [-0.15, -0.1) is 5.10 Å². The molecule has 2 aliphatic heterocycles. The summed E-state index contributed by atoms with van der Waals surface area (Å²) in [7, 11) is 1.59. The summed E-state index contributed by atoms with van der Waals surface area (Å²) in [5.74, 6) is 0.797. The monoisotopic (exact) mass is 473 g/mol. The molecule has 0 saturated heterocycles. The Morgan fingerprint density at radius 1 is 1.14 bits per heavy atom. The van der Waals surface area contributed by atoms with Gasteiger partial charge >= 0.3 is 0 Å². The van der Waals surface area contributed by atoms with E-state index in [0.29, 0.717) is 31.1 Å². The van der Waals surface area contributed by atoms with E-state index in [0.717, 1.165) is 64.5 Å². The van der Waals surface area contributed by atoms with E-state index < -0.39 is 0 Å². The van der Waals surface area contributed by atoms with Crippen LogP contribution in [0.3, 0.4) is 0 Å². The van der Waals surface area contributed by atoms with Crippen LogP contribution in [-0.2, 0) is 42.2 Å². The van der Waals surface area contributed by atoms with Crippen molar-refractivity contribution in [3.05, 3.63) is 68.7 Å². The van der Waals surface area contributed by atoms with E-state index in [1.54, 1.807) is 7.11 Å². The van der Waals surface area contributed by atoms with Gasteiger partial charge in [-0.25, -0.2) is 4.98 Å². The first kappa shape index (κ1) is 21.9. The lowest BCUT2D eigenvalue weighted by atomic mass is 10.00. The number of fused-ring (bicyclic) bond motifs is 3. The summed E-state index contributed by atoms with van der Waals surface area (Å²) in [6, 6.07) is 3.69. The molecule has 0 N–H and O–H groups in total. The summed E-state index contributed by atoms with van der Waals surface area (Å²) >= 11 is 0. The van der Waals surface area contributed by atoms with E-state index in [4.69, 9.17) is 19.6 Å². The molecule has 4 aromatic heterocycles. The fraction of sp³-hybridized carbons (Fsp3) is 0.400. The van der Waals surface area contributed by atoms with Crippen molar-refractivity contribution in [2.75, 3.05) is 25.2 Å². The first-order chi connectivity index (χ1) is 17.0. The molecule has 6 rings (SSSR count). The predicted molar refractivity (Wildman–Crippen MR) is 129 cm³/mol. The van der Waals surface area contributed by atoms with Gasteiger partial charge in [0.05, 0.1) is 44.0 Å². The van der Waals surface area contributed by atoms with Gasteiger partial charge < -0.3 is 14.4 Å². The molecule has 4 aromatic rings. The lowest BCUT2D eigenvalue weighted by molar-refractivity contribution is 0.0804. The molecule has 0 atom stereocenters. The minimum atomic E-state index is -0.207. The van der Waals surface area contributed by atoms with E-state index in [9.17, 15) is 4.79 Å². The number of methoxy groups -OCH3 is 1. The maximum absolute atomic E-state index is 12.8. The summed E-state index contributed by atoms with van der Waals surface area (Å²) in [6.45, 7) is 7.78. The van der Waals surface area contributed by atoms with Crippen LogP contribution in [0.5, 0.6) is 0 Å². The first-order valence-corrected chi connectivity index (χ1v) is 11.8. The largest absolute Gasteiger partial charge is 0.378 e. The second-order valence-corrected chi connectivity index (χ2v) is 9.11. The van der Waals surface area contributed by atoms with Crippen LogP contribution < -0.4 is 10.5 Å². The topological polar surface area (TPSA) is 99.7 Å². The number of nitrogens with zero attached hydrogens (tertiary/aromatic N) is 7. The van der Waals surface area contributed by atoms with Crippen LogP contribution in [0.1, 0.15) is 33.8 Å². The lowest BCUT2D eigenvalue weighted by Gasteiger charge is -2.31. The average Bonchev–Trinajstić information content (AvgIpc) is 3.30. The van der Waals surface area contributed by atoms with Gasteiger partial charge in [0.15, 0.2) is 11.5 Å². The van der Waals surface area contributed by atoms with Crippen molar-refractivity contribution in [2.45, 2.75) is 46.6 Å². The van der Waals surface area contributed by atoms with E-state index in [1.165, 1.54) is 10.6 Å². The third-order valence-electron chi connectivity index (χ3n) is 6.95. The number of pyridine rings is 1. The van der Waals surface area contributed by atoms with Gasteiger partial charge in [0.1, 0.15) is 0 Å². The zero-order valence-electron chi connectivity index (χ0n) is 20.1. The molecule has 0 aliphatic carbocycles.